The Bertz CT molecular complexity index is 491. The highest BCUT2D eigenvalue weighted by atomic mass is 35.5. The molecular formula is C14H19ClN2O2. The zero-order valence-corrected chi connectivity index (χ0v) is 12.0. The van der Waals surface area contributed by atoms with Gasteiger partial charge in [0, 0.05) is 23.0 Å². The first-order valence-corrected chi connectivity index (χ1v) is 6.79. The van der Waals surface area contributed by atoms with E-state index in [4.69, 9.17) is 22.1 Å². The number of amides is 1. The van der Waals surface area contributed by atoms with Crippen molar-refractivity contribution in [3.63, 3.8) is 0 Å². The predicted molar refractivity (Wildman–Crippen MR) is 76.7 cm³/mol. The molecule has 0 spiro atoms. The van der Waals surface area contributed by atoms with Crippen molar-refractivity contribution in [3.8, 4) is 5.75 Å². The number of hydrogen-bond donors (Lipinski definition) is 2. The minimum Gasteiger partial charge on any atom is -0.495 e. The second kappa shape index (κ2) is 5.80. The summed E-state index contributed by atoms with van der Waals surface area (Å²) in [7, 11) is 1.56. The number of ether oxygens (including phenoxy) is 1. The summed E-state index contributed by atoms with van der Waals surface area (Å²) in [5, 5.41) is 3.54. The maximum atomic E-state index is 12.2. The molecule has 19 heavy (non-hydrogen) atoms. The van der Waals surface area contributed by atoms with E-state index in [-0.39, 0.29) is 17.9 Å². The van der Waals surface area contributed by atoms with Crippen LogP contribution in [-0.2, 0) is 4.79 Å². The number of anilines is 1. The fraction of sp³-hybridized carbons (Fsp3) is 0.500. The highest BCUT2D eigenvalue weighted by Gasteiger charge is 2.28. The molecule has 0 aromatic heterocycles. The van der Waals surface area contributed by atoms with Gasteiger partial charge >= 0.3 is 0 Å². The Morgan fingerprint density at radius 2 is 2.21 bits per heavy atom. The third-order valence-corrected chi connectivity index (χ3v) is 3.99. The van der Waals surface area contributed by atoms with Crippen molar-refractivity contribution < 1.29 is 9.53 Å². The molecule has 104 valence electrons. The first-order chi connectivity index (χ1) is 9.01. The van der Waals surface area contributed by atoms with Crippen LogP contribution >= 0.6 is 11.6 Å². The standard InChI is InChI=1S/C14H19ClN2O2/c1-8-5-12(13(19-2)7-11(8)15)17-14(18)9-3-4-10(16)6-9/h5,7,9-10H,3-4,6,16H2,1-2H3,(H,17,18). The third-order valence-electron chi connectivity index (χ3n) is 3.58. The molecule has 1 amide bonds. The molecule has 0 bridgehead atoms. The summed E-state index contributed by atoms with van der Waals surface area (Å²) in [6, 6.07) is 3.69. The van der Waals surface area contributed by atoms with Crippen molar-refractivity contribution in [2.45, 2.75) is 32.2 Å². The van der Waals surface area contributed by atoms with Gasteiger partial charge in [0.1, 0.15) is 5.75 Å². The molecule has 1 aliphatic carbocycles. The van der Waals surface area contributed by atoms with Gasteiger partial charge in [0.05, 0.1) is 12.8 Å². The molecule has 1 aromatic rings. The summed E-state index contributed by atoms with van der Waals surface area (Å²) in [6.07, 6.45) is 2.51. The van der Waals surface area contributed by atoms with Crippen LogP contribution in [0.15, 0.2) is 12.1 Å². The number of nitrogens with one attached hydrogen (secondary N) is 1. The van der Waals surface area contributed by atoms with Crippen LogP contribution < -0.4 is 15.8 Å². The van der Waals surface area contributed by atoms with Crippen LogP contribution in [0.3, 0.4) is 0 Å². The SMILES string of the molecule is COc1cc(Cl)c(C)cc1NC(=O)C1CCC(N)C1. The lowest BCUT2D eigenvalue weighted by Crippen LogP contribution is -2.23. The average Bonchev–Trinajstić information content (AvgIpc) is 2.80. The van der Waals surface area contributed by atoms with Crippen molar-refractivity contribution in [2.24, 2.45) is 11.7 Å². The lowest BCUT2D eigenvalue weighted by Gasteiger charge is -2.15. The largest absolute Gasteiger partial charge is 0.495 e. The molecule has 3 N–H and O–H groups in total. The number of rotatable bonds is 3. The van der Waals surface area contributed by atoms with Gasteiger partial charge in [-0.1, -0.05) is 11.6 Å². The minimum atomic E-state index is -0.00399. The van der Waals surface area contributed by atoms with Crippen LogP contribution in [0.2, 0.25) is 5.02 Å². The number of hydrogen-bond acceptors (Lipinski definition) is 3. The molecule has 1 aliphatic rings. The minimum absolute atomic E-state index is 0.00399. The van der Waals surface area contributed by atoms with Gasteiger partial charge in [0.2, 0.25) is 5.91 Å². The van der Waals surface area contributed by atoms with Gasteiger partial charge in [-0.15, -0.1) is 0 Å². The molecule has 1 fully saturated rings. The fourth-order valence-electron chi connectivity index (χ4n) is 2.42. The monoisotopic (exact) mass is 282 g/mol. The van der Waals surface area contributed by atoms with Crippen LogP contribution in [0.1, 0.15) is 24.8 Å². The van der Waals surface area contributed by atoms with E-state index in [1.165, 1.54) is 0 Å². The van der Waals surface area contributed by atoms with E-state index in [0.717, 1.165) is 24.8 Å². The van der Waals surface area contributed by atoms with Crippen LogP contribution in [0.25, 0.3) is 0 Å². The van der Waals surface area contributed by atoms with E-state index in [9.17, 15) is 4.79 Å². The Morgan fingerprint density at radius 1 is 1.47 bits per heavy atom. The van der Waals surface area contributed by atoms with Crippen LogP contribution in [0.5, 0.6) is 5.75 Å². The normalized spacial score (nSPS) is 22.3. The van der Waals surface area contributed by atoms with Gasteiger partial charge < -0.3 is 15.8 Å². The smallest absolute Gasteiger partial charge is 0.227 e. The number of carbonyl (C=O) groups excluding carboxylic acids is 1. The summed E-state index contributed by atoms with van der Waals surface area (Å²) in [5.41, 5.74) is 7.40. The van der Waals surface area contributed by atoms with Gasteiger partial charge in [-0.2, -0.15) is 0 Å². The predicted octanol–water partition coefficient (Wildman–Crippen LogP) is 2.72. The topological polar surface area (TPSA) is 64.3 Å². The number of halogens is 1. The van der Waals surface area contributed by atoms with Gasteiger partial charge in [0.25, 0.3) is 0 Å². The van der Waals surface area contributed by atoms with Gasteiger partial charge in [0.15, 0.2) is 0 Å². The van der Waals surface area contributed by atoms with Crippen LogP contribution in [-0.4, -0.2) is 19.1 Å². The van der Waals surface area contributed by atoms with E-state index in [1.807, 2.05) is 13.0 Å². The summed E-state index contributed by atoms with van der Waals surface area (Å²) in [6.45, 7) is 1.89. The van der Waals surface area contributed by atoms with E-state index >= 15 is 0 Å². The maximum absolute atomic E-state index is 12.2. The third kappa shape index (κ3) is 3.19. The van der Waals surface area contributed by atoms with E-state index in [1.54, 1.807) is 13.2 Å². The quantitative estimate of drug-likeness (QED) is 0.896. The molecule has 0 heterocycles. The zero-order chi connectivity index (χ0) is 14.0. The highest BCUT2D eigenvalue weighted by Crippen LogP contribution is 2.32. The molecule has 0 aliphatic heterocycles. The Kier molecular flexibility index (Phi) is 4.32. The van der Waals surface area contributed by atoms with Crippen molar-refractivity contribution in [2.75, 3.05) is 12.4 Å². The van der Waals surface area contributed by atoms with E-state index < -0.39 is 0 Å². The molecule has 0 radical (unpaired) electrons. The number of methoxy groups -OCH3 is 1. The summed E-state index contributed by atoms with van der Waals surface area (Å²) in [4.78, 5) is 12.2. The Hall–Kier alpha value is -1.26. The molecule has 1 saturated carbocycles. The van der Waals surface area contributed by atoms with Crippen molar-refractivity contribution in [1.29, 1.82) is 0 Å². The number of nitrogens with two attached hydrogens (primary N) is 1. The lowest BCUT2D eigenvalue weighted by molar-refractivity contribution is -0.119. The van der Waals surface area contributed by atoms with Crippen molar-refractivity contribution in [3.05, 3.63) is 22.7 Å². The molecule has 0 saturated heterocycles. The number of carbonyl (C=O) groups is 1. The van der Waals surface area contributed by atoms with Gasteiger partial charge in [-0.25, -0.2) is 0 Å². The second-order valence-electron chi connectivity index (χ2n) is 5.06. The first-order valence-electron chi connectivity index (χ1n) is 6.42. The second-order valence-corrected chi connectivity index (χ2v) is 5.47. The zero-order valence-electron chi connectivity index (χ0n) is 11.2. The lowest BCUT2D eigenvalue weighted by atomic mass is 10.1. The maximum Gasteiger partial charge on any atom is 0.227 e. The molecule has 4 nitrogen and oxygen atoms in total. The molecule has 5 heteroatoms. The van der Waals surface area contributed by atoms with E-state index in [2.05, 4.69) is 5.32 Å². The van der Waals surface area contributed by atoms with Gasteiger partial charge in [-0.05, 0) is 37.8 Å². The fourth-order valence-corrected chi connectivity index (χ4v) is 2.57. The van der Waals surface area contributed by atoms with E-state index in [0.29, 0.717) is 16.5 Å². The number of benzene rings is 1. The summed E-state index contributed by atoms with van der Waals surface area (Å²) < 4.78 is 5.24. The number of aryl methyl sites for hydroxylation is 1. The molecule has 1 aromatic carbocycles. The first kappa shape index (κ1) is 14.2. The molecular weight excluding hydrogens is 264 g/mol. The Labute approximate surface area is 118 Å². The molecule has 2 unspecified atom stereocenters. The molecule has 2 rings (SSSR count). The Balaban J connectivity index is 2.14. The highest BCUT2D eigenvalue weighted by molar-refractivity contribution is 6.31. The Morgan fingerprint density at radius 3 is 2.79 bits per heavy atom. The van der Waals surface area contributed by atoms with Crippen LogP contribution in [0.4, 0.5) is 5.69 Å². The van der Waals surface area contributed by atoms with Crippen LogP contribution in [0, 0.1) is 12.8 Å². The van der Waals surface area contributed by atoms with Crippen molar-refractivity contribution >= 4 is 23.2 Å². The molecule has 2 atom stereocenters. The summed E-state index contributed by atoms with van der Waals surface area (Å²) in [5.74, 6) is 0.579. The van der Waals surface area contributed by atoms with Crippen molar-refractivity contribution in [1.82, 2.24) is 0 Å². The summed E-state index contributed by atoms with van der Waals surface area (Å²) >= 11 is 6.04. The average molecular weight is 283 g/mol. The van der Waals surface area contributed by atoms with Gasteiger partial charge in [-0.3, -0.25) is 4.79 Å².